The lowest BCUT2D eigenvalue weighted by molar-refractivity contribution is 0.302. The molecule has 4 nitrogen and oxygen atoms in total. The average molecular weight is 216 g/mol. The van der Waals surface area contributed by atoms with E-state index >= 15 is 0 Å². The molecule has 78 valence electrons. The van der Waals surface area contributed by atoms with Crippen molar-refractivity contribution < 1.29 is 4.42 Å². The van der Waals surface area contributed by atoms with Crippen molar-refractivity contribution in [2.45, 2.75) is 31.6 Å². The Hall–Kier alpha value is -0.770. The molecule has 2 rings (SSSR count). The largest absolute Gasteiger partial charge is 0.407 e. The van der Waals surface area contributed by atoms with Crippen molar-refractivity contribution in [3.05, 3.63) is 5.89 Å². The molecular weight excluding hydrogens is 202 g/mol. The van der Waals surface area contributed by atoms with Gasteiger partial charge < -0.3 is 9.73 Å². The molecule has 0 spiro atoms. The van der Waals surface area contributed by atoms with Crippen LogP contribution in [0.3, 0.4) is 0 Å². The van der Waals surface area contributed by atoms with Gasteiger partial charge >= 0.3 is 6.01 Å². The summed E-state index contributed by atoms with van der Waals surface area (Å²) in [5.74, 6) is 1.65. The number of rotatable bonds is 5. The standard InChI is InChI=1S/C9H14ClN3O/c10-6-8-12-13-9(14-8)11-5-4-7-2-1-3-7/h7H,1-6H2,(H,11,13). The second-order valence-electron chi connectivity index (χ2n) is 3.65. The Morgan fingerprint density at radius 2 is 2.29 bits per heavy atom. The molecule has 0 amide bonds. The van der Waals surface area contributed by atoms with Crippen LogP contribution in [0.25, 0.3) is 0 Å². The third-order valence-electron chi connectivity index (χ3n) is 2.63. The number of nitrogens with zero attached hydrogens (tertiary/aromatic N) is 2. The van der Waals surface area contributed by atoms with Gasteiger partial charge in [0, 0.05) is 6.54 Å². The lowest BCUT2D eigenvalue weighted by Crippen LogP contribution is -2.15. The van der Waals surface area contributed by atoms with Gasteiger partial charge in [0.05, 0.1) is 0 Å². The van der Waals surface area contributed by atoms with Crippen LogP contribution in [-0.4, -0.2) is 16.7 Å². The molecule has 0 atom stereocenters. The zero-order chi connectivity index (χ0) is 9.80. The molecule has 1 heterocycles. The molecule has 1 saturated carbocycles. The highest BCUT2D eigenvalue weighted by Gasteiger charge is 2.16. The van der Waals surface area contributed by atoms with Crippen molar-refractivity contribution >= 4 is 17.6 Å². The quantitative estimate of drug-likeness (QED) is 0.767. The van der Waals surface area contributed by atoms with Crippen LogP contribution in [0.4, 0.5) is 6.01 Å². The van der Waals surface area contributed by atoms with Crippen molar-refractivity contribution in [2.24, 2.45) is 5.92 Å². The highest BCUT2D eigenvalue weighted by molar-refractivity contribution is 6.16. The fraction of sp³-hybridized carbons (Fsp3) is 0.778. The van der Waals surface area contributed by atoms with Gasteiger partial charge in [-0.25, -0.2) is 0 Å². The maximum Gasteiger partial charge on any atom is 0.315 e. The molecule has 1 aliphatic carbocycles. The molecule has 1 aromatic rings. The summed E-state index contributed by atoms with van der Waals surface area (Å²) in [6, 6.07) is 0.486. The van der Waals surface area contributed by atoms with E-state index in [4.69, 9.17) is 16.0 Å². The van der Waals surface area contributed by atoms with Gasteiger partial charge in [0.25, 0.3) is 0 Å². The number of hydrogen-bond donors (Lipinski definition) is 1. The Bertz CT molecular complexity index is 285. The molecule has 1 N–H and O–H groups in total. The molecule has 0 aromatic carbocycles. The first kappa shape index (κ1) is 9.77. The number of hydrogen-bond acceptors (Lipinski definition) is 4. The minimum Gasteiger partial charge on any atom is -0.407 e. The molecule has 1 aliphatic rings. The summed E-state index contributed by atoms with van der Waals surface area (Å²) in [5.41, 5.74) is 0. The van der Waals surface area contributed by atoms with Gasteiger partial charge in [0.15, 0.2) is 0 Å². The topological polar surface area (TPSA) is 51.0 Å². The summed E-state index contributed by atoms with van der Waals surface area (Å²) in [6.07, 6.45) is 5.33. The van der Waals surface area contributed by atoms with E-state index in [9.17, 15) is 0 Å². The Morgan fingerprint density at radius 1 is 1.43 bits per heavy atom. The lowest BCUT2D eigenvalue weighted by atomic mass is 9.83. The van der Waals surface area contributed by atoms with Crippen molar-refractivity contribution in [1.82, 2.24) is 10.2 Å². The minimum absolute atomic E-state index is 0.275. The molecule has 0 saturated heterocycles. The van der Waals surface area contributed by atoms with Crippen LogP contribution in [0.5, 0.6) is 0 Å². The van der Waals surface area contributed by atoms with E-state index in [1.54, 1.807) is 0 Å². The van der Waals surface area contributed by atoms with E-state index in [0.29, 0.717) is 11.9 Å². The van der Waals surface area contributed by atoms with E-state index in [1.165, 1.54) is 25.7 Å². The molecule has 0 unspecified atom stereocenters. The van der Waals surface area contributed by atoms with Gasteiger partial charge in [-0.1, -0.05) is 24.4 Å². The van der Waals surface area contributed by atoms with Crippen LogP contribution >= 0.6 is 11.6 Å². The van der Waals surface area contributed by atoms with E-state index in [2.05, 4.69) is 15.5 Å². The molecule has 0 aliphatic heterocycles. The molecule has 0 bridgehead atoms. The summed E-state index contributed by atoms with van der Waals surface area (Å²) in [5, 5.41) is 10.7. The summed E-state index contributed by atoms with van der Waals surface area (Å²) < 4.78 is 5.20. The first-order valence-corrected chi connectivity index (χ1v) is 5.54. The maximum atomic E-state index is 5.53. The van der Waals surface area contributed by atoms with Crippen molar-refractivity contribution in [3.8, 4) is 0 Å². The SMILES string of the molecule is ClCc1nnc(NCCC2CCC2)o1. The monoisotopic (exact) mass is 215 g/mol. The van der Waals surface area contributed by atoms with Crippen LogP contribution in [0, 0.1) is 5.92 Å². The molecule has 1 aromatic heterocycles. The van der Waals surface area contributed by atoms with Gasteiger partial charge in [-0.15, -0.1) is 16.7 Å². The first-order valence-electron chi connectivity index (χ1n) is 5.00. The molecule has 1 fully saturated rings. The van der Waals surface area contributed by atoms with Gasteiger partial charge in [-0.3, -0.25) is 0 Å². The Balaban J connectivity index is 1.68. The Labute approximate surface area is 88.0 Å². The fourth-order valence-electron chi connectivity index (χ4n) is 1.54. The zero-order valence-electron chi connectivity index (χ0n) is 8.00. The first-order chi connectivity index (χ1) is 6.88. The van der Waals surface area contributed by atoms with Crippen LogP contribution in [0.15, 0.2) is 4.42 Å². The summed E-state index contributed by atoms with van der Waals surface area (Å²) >= 11 is 5.53. The molecule has 14 heavy (non-hydrogen) atoms. The van der Waals surface area contributed by atoms with E-state index in [-0.39, 0.29) is 5.88 Å². The molecule has 5 heteroatoms. The smallest absolute Gasteiger partial charge is 0.315 e. The predicted octanol–water partition coefficient (Wildman–Crippen LogP) is 2.41. The second-order valence-corrected chi connectivity index (χ2v) is 3.91. The lowest BCUT2D eigenvalue weighted by Gasteiger charge is -2.24. The summed E-state index contributed by atoms with van der Waals surface area (Å²) in [4.78, 5) is 0. The Morgan fingerprint density at radius 3 is 2.86 bits per heavy atom. The number of halogens is 1. The third-order valence-corrected chi connectivity index (χ3v) is 2.86. The number of aromatic nitrogens is 2. The van der Waals surface area contributed by atoms with E-state index in [0.717, 1.165) is 12.5 Å². The van der Waals surface area contributed by atoms with Crippen LogP contribution in [0.1, 0.15) is 31.6 Å². The van der Waals surface area contributed by atoms with E-state index < -0.39 is 0 Å². The zero-order valence-corrected chi connectivity index (χ0v) is 8.76. The second kappa shape index (κ2) is 4.64. The average Bonchev–Trinajstić information content (AvgIpc) is 2.57. The Kier molecular flexibility index (Phi) is 3.24. The van der Waals surface area contributed by atoms with Crippen LogP contribution in [0.2, 0.25) is 0 Å². The van der Waals surface area contributed by atoms with Gasteiger partial charge in [0.1, 0.15) is 5.88 Å². The minimum atomic E-state index is 0.275. The van der Waals surface area contributed by atoms with E-state index in [1.807, 2.05) is 0 Å². The van der Waals surface area contributed by atoms with Crippen molar-refractivity contribution in [1.29, 1.82) is 0 Å². The normalized spacial score (nSPS) is 16.6. The van der Waals surface area contributed by atoms with Crippen LogP contribution in [-0.2, 0) is 5.88 Å². The molecular formula is C9H14ClN3O. The van der Waals surface area contributed by atoms with Gasteiger partial charge in [-0.2, -0.15) is 0 Å². The van der Waals surface area contributed by atoms with Gasteiger partial charge in [0.2, 0.25) is 5.89 Å². The van der Waals surface area contributed by atoms with Crippen molar-refractivity contribution in [2.75, 3.05) is 11.9 Å². The summed E-state index contributed by atoms with van der Waals surface area (Å²) in [7, 11) is 0. The summed E-state index contributed by atoms with van der Waals surface area (Å²) in [6.45, 7) is 0.911. The maximum absolute atomic E-state index is 5.53. The number of anilines is 1. The van der Waals surface area contributed by atoms with Crippen LogP contribution < -0.4 is 5.32 Å². The highest BCUT2D eigenvalue weighted by atomic mass is 35.5. The number of nitrogens with one attached hydrogen (secondary N) is 1. The number of alkyl halides is 1. The van der Waals surface area contributed by atoms with Gasteiger partial charge in [-0.05, 0) is 12.3 Å². The predicted molar refractivity (Wildman–Crippen MR) is 54.3 cm³/mol. The fourth-order valence-corrected chi connectivity index (χ4v) is 1.65. The third kappa shape index (κ3) is 2.38. The highest BCUT2D eigenvalue weighted by Crippen LogP contribution is 2.29. The van der Waals surface area contributed by atoms with Crippen molar-refractivity contribution in [3.63, 3.8) is 0 Å². The molecule has 0 radical (unpaired) electrons.